The molecule has 1 aromatic heterocycles. The normalized spacial score (nSPS) is 17.4. The molecule has 3 rings (SSSR count). The average molecular weight is 357 g/mol. The number of halogens is 1. The van der Waals surface area contributed by atoms with Gasteiger partial charge in [-0.3, -0.25) is 0 Å². The molecule has 0 aliphatic carbocycles. The lowest BCUT2D eigenvalue weighted by atomic mass is 10.1. The number of piperidine rings is 1. The molecule has 1 fully saturated rings. The number of anilines is 3. The molecule has 140 valence electrons. The van der Waals surface area contributed by atoms with Gasteiger partial charge in [0.25, 0.3) is 0 Å². The van der Waals surface area contributed by atoms with Crippen molar-refractivity contribution in [3.05, 3.63) is 41.3 Å². The van der Waals surface area contributed by atoms with Gasteiger partial charge in [0, 0.05) is 36.6 Å². The molecule has 6 heteroatoms. The molecule has 5 nitrogen and oxygen atoms in total. The van der Waals surface area contributed by atoms with Crippen LogP contribution in [0.25, 0.3) is 0 Å². The highest BCUT2D eigenvalue weighted by Crippen LogP contribution is 2.23. The fraction of sp³-hybridized carbons (Fsp3) is 0.500. The number of nitrogens with one attached hydrogen (secondary N) is 1. The van der Waals surface area contributed by atoms with Crippen molar-refractivity contribution in [2.24, 2.45) is 5.73 Å². The molecule has 2 heterocycles. The predicted octanol–water partition coefficient (Wildman–Crippen LogP) is 3.94. The number of hydrogen-bond acceptors (Lipinski definition) is 5. The highest BCUT2D eigenvalue weighted by atomic mass is 19.1. The van der Waals surface area contributed by atoms with Gasteiger partial charge >= 0.3 is 0 Å². The smallest absolute Gasteiger partial charge is 0.229 e. The van der Waals surface area contributed by atoms with Crippen LogP contribution in [0.15, 0.2) is 24.3 Å². The zero-order valence-electron chi connectivity index (χ0n) is 15.6. The summed E-state index contributed by atoms with van der Waals surface area (Å²) < 4.78 is 13.8. The van der Waals surface area contributed by atoms with Gasteiger partial charge in [-0.05, 0) is 50.3 Å². The van der Waals surface area contributed by atoms with Crippen LogP contribution in [-0.4, -0.2) is 29.1 Å². The summed E-state index contributed by atoms with van der Waals surface area (Å²) in [5, 5.41) is 3.16. The standard InChI is InChI=1S/C20H28FN5/c1-3-4-7-16-12-19(26-10-5-6-15(22)13-26)25-20(23-16)24-17-9-8-14(2)18(21)11-17/h8-9,11-12,15H,3-7,10,13,22H2,1-2H3,(H,23,24,25)/t15-/m1/s1. The van der Waals surface area contributed by atoms with E-state index in [1.165, 1.54) is 6.07 Å². The monoisotopic (exact) mass is 357 g/mol. The maximum atomic E-state index is 13.8. The molecular formula is C20H28FN5. The predicted molar refractivity (Wildman–Crippen MR) is 104 cm³/mol. The van der Waals surface area contributed by atoms with Crippen LogP contribution in [0, 0.1) is 12.7 Å². The Hall–Kier alpha value is -2.21. The first-order valence-electron chi connectivity index (χ1n) is 9.47. The van der Waals surface area contributed by atoms with Crippen LogP contribution in [0.4, 0.5) is 21.8 Å². The lowest BCUT2D eigenvalue weighted by molar-refractivity contribution is 0.503. The van der Waals surface area contributed by atoms with Gasteiger partial charge in [-0.25, -0.2) is 9.37 Å². The first kappa shape index (κ1) is 18.6. The highest BCUT2D eigenvalue weighted by Gasteiger charge is 2.19. The number of aromatic nitrogens is 2. The summed E-state index contributed by atoms with van der Waals surface area (Å²) in [4.78, 5) is 11.5. The summed E-state index contributed by atoms with van der Waals surface area (Å²) >= 11 is 0. The lowest BCUT2D eigenvalue weighted by Gasteiger charge is -2.32. The topological polar surface area (TPSA) is 67.1 Å². The van der Waals surface area contributed by atoms with Gasteiger partial charge < -0.3 is 16.0 Å². The van der Waals surface area contributed by atoms with Crippen molar-refractivity contribution in [2.45, 2.75) is 52.0 Å². The SMILES string of the molecule is CCCCc1cc(N2CCC[C@@H](N)C2)nc(Nc2ccc(C)c(F)c2)n1. The minimum atomic E-state index is -0.237. The van der Waals surface area contributed by atoms with Crippen LogP contribution < -0.4 is 16.0 Å². The maximum absolute atomic E-state index is 13.8. The summed E-state index contributed by atoms with van der Waals surface area (Å²) in [7, 11) is 0. The van der Waals surface area contributed by atoms with Crippen molar-refractivity contribution in [3.8, 4) is 0 Å². The van der Waals surface area contributed by atoms with E-state index >= 15 is 0 Å². The minimum absolute atomic E-state index is 0.181. The van der Waals surface area contributed by atoms with Crippen molar-refractivity contribution in [1.29, 1.82) is 0 Å². The molecule has 3 N–H and O–H groups in total. The minimum Gasteiger partial charge on any atom is -0.355 e. The Balaban J connectivity index is 1.87. The Morgan fingerprint density at radius 2 is 2.15 bits per heavy atom. The largest absolute Gasteiger partial charge is 0.355 e. The van der Waals surface area contributed by atoms with Gasteiger partial charge in [-0.2, -0.15) is 4.98 Å². The number of rotatable bonds is 6. The Labute approximate surface area is 154 Å². The molecule has 1 atom stereocenters. The number of aryl methyl sites for hydroxylation is 2. The maximum Gasteiger partial charge on any atom is 0.229 e. The third-order valence-corrected chi connectivity index (χ3v) is 4.76. The van der Waals surface area contributed by atoms with Crippen LogP contribution in [0.3, 0.4) is 0 Å². The highest BCUT2D eigenvalue weighted by molar-refractivity contribution is 5.56. The first-order chi connectivity index (χ1) is 12.5. The number of hydrogen-bond donors (Lipinski definition) is 2. The Morgan fingerprint density at radius 1 is 1.31 bits per heavy atom. The molecular weight excluding hydrogens is 329 g/mol. The fourth-order valence-corrected chi connectivity index (χ4v) is 3.20. The van der Waals surface area contributed by atoms with Crippen LogP contribution in [-0.2, 0) is 6.42 Å². The first-order valence-corrected chi connectivity index (χ1v) is 9.47. The van der Waals surface area contributed by atoms with Gasteiger partial charge in [0.05, 0.1) is 0 Å². The molecule has 0 unspecified atom stereocenters. The number of benzene rings is 1. The summed E-state index contributed by atoms with van der Waals surface area (Å²) in [5.41, 5.74) is 8.41. The van der Waals surface area contributed by atoms with Crippen LogP contribution in [0.1, 0.15) is 43.9 Å². The van der Waals surface area contributed by atoms with Crippen molar-refractivity contribution in [3.63, 3.8) is 0 Å². The molecule has 0 bridgehead atoms. The van der Waals surface area contributed by atoms with E-state index in [-0.39, 0.29) is 11.9 Å². The second kappa shape index (κ2) is 8.45. The zero-order valence-corrected chi connectivity index (χ0v) is 15.6. The average Bonchev–Trinajstić information content (AvgIpc) is 2.63. The van der Waals surface area contributed by atoms with Crippen molar-refractivity contribution >= 4 is 17.5 Å². The van der Waals surface area contributed by atoms with E-state index in [2.05, 4.69) is 33.2 Å². The van der Waals surface area contributed by atoms with Crippen molar-refractivity contribution < 1.29 is 4.39 Å². The second-order valence-electron chi connectivity index (χ2n) is 7.08. The molecule has 1 saturated heterocycles. The van der Waals surface area contributed by atoms with Crippen molar-refractivity contribution in [2.75, 3.05) is 23.3 Å². The number of unbranched alkanes of at least 4 members (excludes halogenated alkanes) is 1. The second-order valence-corrected chi connectivity index (χ2v) is 7.08. The third kappa shape index (κ3) is 4.69. The summed E-state index contributed by atoms with van der Waals surface area (Å²) in [6.45, 7) is 5.68. The van der Waals surface area contributed by atoms with E-state index in [1.54, 1.807) is 13.0 Å². The quantitative estimate of drug-likeness (QED) is 0.820. The van der Waals surface area contributed by atoms with Gasteiger partial charge in [0.15, 0.2) is 0 Å². The Morgan fingerprint density at radius 3 is 2.88 bits per heavy atom. The number of nitrogens with two attached hydrogens (primary N) is 1. The molecule has 0 saturated carbocycles. The van der Waals surface area contributed by atoms with Gasteiger partial charge in [0.1, 0.15) is 11.6 Å². The van der Waals surface area contributed by atoms with Gasteiger partial charge in [0.2, 0.25) is 5.95 Å². The van der Waals surface area contributed by atoms with Gasteiger partial charge in [-0.1, -0.05) is 19.4 Å². The van der Waals surface area contributed by atoms with E-state index in [4.69, 9.17) is 5.73 Å². The molecule has 1 aliphatic heterocycles. The molecule has 1 aromatic carbocycles. The molecule has 2 aromatic rings. The Bertz CT molecular complexity index is 749. The Kier molecular flexibility index (Phi) is 6.04. The molecule has 0 radical (unpaired) electrons. The van der Waals surface area contributed by atoms with Crippen LogP contribution in [0.5, 0.6) is 0 Å². The van der Waals surface area contributed by atoms with Crippen LogP contribution in [0.2, 0.25) is 0 Å². The summed E-state index contributed by atoms with van der Waals surface area (Å²) in [5.74, 6) is 1.17. The van der Waals surface area contributed by atoms with E-state index in [1.807, 2.05) is 6.07 Å². The lowest BCUT2D eigenvalue weighted by Crippen LogP contribution is -2.43. The molecule has 0 spiro atoms. The van der Waals surface area contributed by atoms with E-state index in [9.17, 15) is 4.39 Å². The van der Waals surface area contributed by atoms with Gasteiger partial charge in [-0.15, -0.1) is 0 Å². The molecule has 0 amide bonds. The van der Waals surface area contributed by atoms with E-state index in [0.29, 0.717) is 17.2 Å². The van der Waals surface area contributed by atoms with Crippen LogP contribution >= 0.6 is 0 Å². The zero-order chi connectivity index (χ0) is 18.5. The molecule has 26 heavy (non-hydrogen) atoms. The number of nitrogens with zero attached hydrogens (tertiary/aromatic N) is 3. The van der Waals surface area contributed by atoms with E-state index < -0.39 is 0 Å². The summed E-state index contributed by atoms with van der Waals surface area (Å²) in [6.07, 6.45) is 5.22. The fourth-order valence-electron chi connectivity index (χ4n) is 3.20. The van der Waals surface area contributed by atoms with E-state index in [0.717, 1.165) is 56.7 Å². The third-order valence-electron chi connectivity index (χ3n) is 4.76. The van der Waals surface area contributed by atoms with Crippen molar-refractivity contribution in [1.82, 2.24) is 9.97 Å². The summed E-state index contributed by atoms with van der Waals surface area (Å²) in [6, 6.07) is 7.32. The molecule has 1 aliphatic rings.